The standard InChI is InChI=1S/C13H27NOS/c1-4-14-12-9-7-5-6-8-10-13(12)16(15)11(2)3/h11-14H,4-10H2,1-3H3. The van der Waals surface area contributed by atoms with Gasteiger partial charge in [-0.2, -0.15) is 0 Å². The lowest BCUT2D eigenvalue weighted by atomic mass is 9.96. The predicted molar refractivity (Wildman–Crippen MR) is 72.2 cm³/mol. The van der Waals surface area contributed by atoms with Crippen LogP contribution in [-0.4, -0.2) is 27.3 Å². The second-order valence-corrected chi connectivity index (χ2v) is 7.28. The third-order valence-corrected chi connectivity index (χ3v) is 5.52. The van der Waals surface area contributed by atoms with Crippen LogP contribution in [0.5, 0.6) is 0 Å². The first-order valence-electron chi connectivity index (χ1n) is 6.79. The smallest absolute Gasteiger partial charge is 0.0503 e. The number of hydrogen-bond acceptors (Lipinski definition) is 2. The Morgan fingerprint density at radius 1 is 1.19 bits per heavy atom. The highest BCUT2D eigenvalue weighted by Gasteiger charge is 2.28. The molecular weight excluding hydrogens is 218 g/mol. The van der Waals surface area contributed by atoms with Gasteiger partial charge in [0.2, 0.25) is 0 Å². The van der Waals surface area contributed by atoms with Crippen LogP contribution in [0, 0.1) is 0 Å². The summed E-state index contributed by atoms with van der Waals surface area (Å²) in [6.45, 7) is 7.31. The topological polar surface area (TPSA) is 29.1 Å². The van der Waals surface area contributed by atoms with Gasteiger partial charge < -0.3 is 5.32 Å². The predicted octanol–water partition coefficient (Wildman–Crippen LogP) is 2.84. The van der Waals surface area contributed by atoms with Crippen LogP contribution in [0.15, 0.2) is 0 Å². The van der Waals surface area contributed by atoms with Crippen molar-refractivity contribution in [3.05, 3.63) is 0 Å². The van der Waals surface area contributed by atoms with E-state index in [-0.39, 0.29) is 0 Å². The lowest BCUT2D eigenvalue weighted by Crippen LogP contribution is -2.44. The van der Waals surface area contributed by atoms with Crippen LogP contribution in [0.3, 0.4) is 0 Å². The zero-order chi connectivity index (χ0) is 12.0. The van der Waals surface area contributed by atoms with E-state index in [0.29, 0.717) is 16.5 Å². The van der Waals surface area contributed by atoms with E-state index in [2.05, 4.69) is 26.1 Å². The molecule has 0 radical (unpaired) electrons. The molecule has 0 amide bonds. The van der Waals surface area contributed by atoms with Gasteiger partial charge in [0.25, 0.3) is 0 Å². The second kappa shape index (κ2) is 7.44. The SMILES string of the molecule is CCNC1CCCCCCC1S(=O)C(C)C. The Morgan fingerprint density at radius 3 is 2.38 bits per heavy atom. The molecule has 3 unspecified atom stereocenters. The monoisotopic (exact) mass is 245 g/mol. The zero-order valence-corrected chi connectivity index (χ0v) is 11.8. The lowest BCUT2D eigenvalue weighted by Gasteiger charge is -2.30. The molecule has 1 fully saturated rings. The van der Waals surface area contributed by atoms with Crippen LogP contribution < -0.4 is 5.32 Å². The van der Waals surface area contributed by atoms with Crippen LogP contribution in [0.2, 0.25) is 0 Å². The molecule has 1 aliphatic carbocycles. The summed E-state index contributed by atoms with van der Waals surface area (Å²) in [5.41, 5.74) is 0. The van der Waals surface area contributed by atoms with Gasteiger partial charge in [-0.3, -0.25) is 4.21 Å². The second-order valence-electron chi connectivity index (χ2n) is 5.07. The summed E-state index contributed by atoms with van der Waals surface area (Å²) in [6, 6.07) is 0.480. The Hall–Kier alpha value is 0.110. The molecule has 0 aromatic heterocycles. The normalized spacial score (nSPS) is 29.8. The van der Waals surface area contributed by atoms with E-state index in [0.717, 1.165) is 13.0 Å². The van der Waals surface area contributed by atoms with Crippen molar-refractivity contribution in [2.75, 3.05) is 6.54 Å². The van der Waals surface area contributed by atoms with Gasteiger partial charge in [0.1, 0.15) is 0 Å². The Labute approximate surface area is 103 Å². The van der Waals surface area contributed by atoms with Gasteiger partial charge in [0.05, 0.1) is 5.25 Å². The molecular formula is C13H27NOS. The van der Waals surface area contributed by atoms with E-state index in [1.54, 1.807) is 0 Å². The van der Waals surface area contributed by atoms with E-state index in [4.69, 9.17) is 0 Å². The van der Waals surface area contributed by atoms with Gasteiger partial charge >= 0.3 is 0 Å². The minimum Gasteiger partial charge on any atom is -0.313 e. The van der Waals surface area contributed by atoms with E-state index in [1.807, 2.05) is 0 Å². The Bertz CT molecular complexity index is 218. The van der Waals surface area contributed by atoms with E-state index < -0.39 is 10.8 Å². The van der Waals surface area contributed by atoms with Crippen LogP contribution in [0.1, 0.15) is 59.3 Å². The van der Waals surface area contributed by atoms with Gasteiger partial charge in [0, 0.05) is 22.1 Å². The fourth-order valence-corrected chi connectivity index (χ4v) is 4.23. The first-order valence-corrected chi connectivity index (χ1v) is 8.07. The molecule has 0 aliphatic heterocycles. The van der Waals surface area contributed by atoms with E-state index >= 15 is 0 Å². The van der Waals surface area contributed by atoms with Crippen molar-refractivity contribution >= 4 is 10.8 Å². The molecule has 3 heteroatoms. The zero-order valence-electron chi connectivity index (χ0n) is 11.0. The van der Waals surface area contributed by atoms with Crippen molar-refractivity contribution in [2.24, 2.45) is 0 Å². The highest BCUT2D eigenvalue weighted by Crippen LogP contribution is 2.23. The van der Waals surface area contributed by atoms with Crippen molar-refractivity contribution < 1.29 is 4.21 Å². The maximum Gasteiger partial charge on any atom is 0.0503 e. The Kier molecular flexibility index (Phi) is 6.59. The van der Waals surface area contributed by atoms with Crippen LogP contribution in [0.4, 0.5) is 0 Å². The van der Waals surface area contributed by atoms with Crippen molar-refractivity contribution in [3.8, 4) is 0 Å². The fourth-order valence-electron chi connectivity index (χ4n) is 2.57. The number of rotatable bonds is 4. The van der Waals surface area contributed by atoms with Crippen molar-refractivity contribution in [1.82, 2.24) is 5.32 Å². The molecule has 1 rings (SSSR count). The number of hydrogen-bond donors (Lipinski definition) is 1. The van der Waals surface area contributed by atoms with Crippen LogP contribution >= 0.6 is 0 Å². The minimum atomic E-state index is -0.671. The van der Waals surface area contributed by atoms with E-state index in [9.17, 15) is 4.21 Å². The maximum absolute atomic E-state index is 12.3. The average molecular weight is 245 g/mol. The van der Waals surface area contributed by atoms with Gasteiger partial charge in [-0.25, -0.2) is 0 Å². The highest BCUT2D eigenvalue weighted by atomic mass is 32.2. The summed E-state index contributed by atoms with van der Waals surface area (Å²) in [5, 5.41) is 4.22. The van der Waals surface area contributed by atoms with Crippen LogP contribution in [-0.2, 0) is 10.8 Å². The van der Waals surface area contributed by atoms with Crippen molar-refractivity contribution in [2.45, 2.75) is 75.8 Å². The van der Waals surface area contributed by atoms with Gasteiger partial charge in [-0.15, -0.1) is 0 Å². The highest BCUT2D eigenvalue weighted by molar-refractivity contribution is 7.86. The first-order chi connectivity index (χ1) is 7.66. The van der Waals surface area contributed by atoms with Crippen LogP contribution in [0.25, 0.3) is 0 Å². The third kappa shape index (κ3) is 4.17. The fraction of sp³-hybridized carbons (Fsp3) is 1.00. The summed E-state index contributed by atoms with van der Waals surface area (Å²) in [5.74, 6) is 0. The average Bonchev–Trinajstić information content (AvgIpc) is 2.21. The Morgan fingerprint density at radius 2 is 1.81 bits per heavy atom. The molecule has 1 N–H and O–H groups in total. The molecule has 3 atom stereocenters. The summed E-state index contributed by atoms with van der Waals surface area (Å²) >= 11 is 0. The molecule has 0 spiro atoms. The largest absolute Gasteiger partial charge is 0.313 e. The first kappa shape index (κ1) is 14.2. The molecule has 0 saturated heterocycles. The number of nitrogens with one attached hydrogen (secondary N) is 1. The molecule has 0 bridgehead atoms. The summed E-state index contributed by atoms with van der Waals surface area (Å²) in [4.78, 5) is 0. The summed E-state index contributed by atoms with van der Waals surface area (Å²) < 4.78 is 12.3. The lowest BCUT2D eigenvalue weighted by molar-refractivity contribution is 0.400. The van der Waals surface area contributed by atoms with Gasteiger partial charge in [0.15, 0.2) is 0 Å². The van der Waals surface area contributed by atoms with E-state index in [1.165, 1.54) is 32.1 Å². The Balaban J connectivity index is 2.66. The molecule has 0 aromatic carbocycles. The summed E-state index contributed by atoms with van der Waals surface area (Å²) in [7, 11) is -0.671. The van der Waals surface area contributed by atoms with Gasteiger partial charge in [-0.1, -0.05) is 46.5 Å². The minimum absolute atomic E-state index is 0.297. The quantitative estimate of drug-likeness (QED) is 0.825. The third-order valence-electron chi connectivity index (χ3n) is 3.43. The van der Waals surface area contributed by atoms with Gasteiger partial charge in [-0.05, 0) is 19.4 Å². The molecule has 1 saturated carbocycles. The summed E-state index contributed by atoms with van der Waals surface area (Å²) in [6.07, 6.45) is 7.57. The maximum atomic E-state index is 12.3. The molecule has 16 heavy (non-hydrogen) atoms. The van der Waals surface area contributed by atoms with Crippen molar-refractivity contribution in [1.29, 1.82) is 0 Å². The van der Waals surface area contributed by atoms with Crippen molar-refractivity contribution in [3.63, 3.8) is 0 Å². The molecule has 1 aliphatic rings. The molecule has 96 valence electrons. The molecule has 0 heterocycles. The molecule has 2 nitrogen and oxygen atoms in total. The molecule has 0 aromatic rings.